The summed E-state index contributed by atoms with van der Waals surface area (Å²) < 4.78 is 11.3. The SMILES string of the molecule is Cc1ccc(C(=O)N2CCN(CC(=O)NCc3ccccc3COc3ccccc3)CC2)o1. The van der Waals surface area contributed by atoms with Gasteiger partial charge in [0.15, 0.2) is 5.76 Å². The molecule has 0 radical (unpaired) electrons. The highest BCUT2D eigenvalue weighted by Crippen LogP contribution is 2.15. The van der Waals surface area contributed by atoms with E-state index in [-0.39, 0.29) is 11.8 Å². The van der Waals surface area contributed by atoms with Gasteiger partial charge in [0.05, 0.1) is 6.54 Å². The smallest absolute Gasteiger partial charge is 0.289 e. The van der Waals surface area contributed by atoms with Crippen LogP contribution in [0.3, 0.4) is 0 Å². The molecule has 2 aromatic carbocycles. The molecule has 172 valence electrons. The zero-order valence-corrected chi connectivity index (χ0v) is 18.8. The number of carbonyl (C=O) groups excluding carboxylic acids is 2. The van der Waals surface area contributed by atoms with Crippen molar-refractivity contribution in [2.75, 3.05) is 32.7 Å². The number of carbonyl (C=O) groups is 2. The van der Waals surface area contributed by atoms with Gasteiger partial charge in [-0.3, -0.25) is 14.5 Å². The van der Waals surface area contributed by atoms with Crippen LogP contribution in [0.4, 0.5) is 0 Å². The largest absolute Gasteiger partial charge is 0.489 e. The van der Waals surface area contributed by atoms with Gasteiger partial charge >= 0.3 is 0 Å². The Labute approximate surface area is 193 Å². The zero-order valence-electron chi connectivity index (χ0n) is 18.8. The summed E-state index contributed by atoms with van der Waals surface area (Å²) in [6.45, 7) is 5.48. The Bertz CT molecular complexity index is 1070. The molecule has 1 fully saturated rings. The van der Waals surface area contributed by atoms with Crippen LogP contribution in [-0.4, -0.2) is 54.3 Å². The molecular formula is C26H29N3O4. The van der Waals surface area contributed by atoms with Crippen LogP contribution in [0.15, 0.2) is 71.1 Å². The van der Waals surface area contributed by atoms with Crippen LogP contribution >= 0.6 is 0 Å². The maximum atomic E-state index is 12.5. The summed E-state index contributed by atoms with van der Waals surface area (Å²) in [5.74, 6) is 1.78. The molecular weight excluding hydrogens is 418 g/mol. The van der Waals surface area contributed by atoms with Gasteiger partial charge in [0.2, 0.25) is 5.91 Å². The van der Waals surface area contributed by atoms with Crippen molar-refractivity contribution in [3.63, 3.8) is 0 Å². The quantitative estimate of drug-likeness (QED) is 0.574. The summed E-state index contributed by atoms with van der Waals surface area (Å²) in [7, 11) is 0. The van der Waals surface area contributed by atoms with E-state index in [2.05, 4.69) is 10.2 Å². The van der Waals surface area contributed by atoms with E-state index in [4.69, 9.17) is 9.15 Å². The highest BCUT2D eigenvalue weighted by molar-refractivity contribution is 5.91. The Balaban J connectivity index is 1.22. The van der Waals surface area contributed by atoms with Gasteiger partial charge in [-0.1, -0.05) is 42.5 Å². The van der Waals surface area contributed by atoms with E-state index in [1.54, 1.807) is 17.0 Å². The number of benzene rings is 2. The van der Waals surface area contributed by atoms with Crippen LogP contribution in [0.1, 0.15) is 27.4 Å². The van der Waals surface area contributed by atoms with Crippen LogP contribution in [-0.2, 0) is 17.9 Å². The first-order chi connectivity index (χ1) is 16.1. The minimum Gasteiger partial charge on any atom is -0.489 e. The maximum absolute atomic E-state index is 12.5. The number of hydrogen-bond acceptors (Lipinski definition) is 5. The summed E-state index contributed by atoms with van der Waals surface area (Å²) in [5.41, 5.74) is 2.08. The first kappa shape index (κ1) is 22.6. The van der Waals surface area contributed by atoms with Crippen LogP contribution in [0.5, 0.6) is 5.75 Å². The number of hydrogen-bond donors (Lipinski definition) is 1. The minimum absolute atomic E-state index is 0.0322. The van der Waals surface area contributed by atoms with Crippen LogP contribution in [0, 0.1) is 6.92 Å². The number of para-hydroxylation sites is 1. The van der Waals surface area contributed by atoms with Crippen LogP contribution in [0.25, 0.3) is 0 Å². The predicted octanol–water partition coefficient (Wildman–Crippen LogP) is 3.24. The molecule has 0 aliphatic carbocycles. The van der Waals surface area contributed by atoms with E-state index in [1.807, 2.05) is 61.5 Å². The topological polar surface area (TPSA) is 75.0 Å². The van der Waals surface area contributed by atoms with E-state index in [0.717, 1.165) is 22.6 Å². The molecule has 1 aliphatic rings. The Morgan fingerprint density at radius 3 is 2.30 bits per heavy atom. The molecule has 0 unspecified atom stereocenters. The van der Waals surface area contributed by atoms with E-state index < -0.39 is 0 Å². The Morgan fingerprint density at radius 1 is 0.909 bits per heavy atom. The second-order valence-electron chi connectivity index (χ2n) is 8.13. The fourth-order valence-corrected chi connectivity index (χ4v) is 3.82. The van der Waals surface area contributed by atoms with Gasteiger partial charge in [-0.05, 0) is 42.3 Å². The normalized spacial score (nSPS) is 14.2. The first-order valence-corrected chi connectivity index (χ1v) is 11.2. The lowest BCUT2D eigenvalue weighted by atomic mass is 10.1. The highest BCUT2D eigenvalue weighted by Gasteiger charge is 2.25. The van der Waals surface area contributed by atoms with Crippen molar-refractivity contribution in [2.24, 2.45) is 0 Å². The molecule has 4 rings (SSSR count). The maximum Gasteiger partial charge on any atom is 0.289 e. The number of amides is 2. The van der Waals surface area contributed by atoms with Gasteiger partial charge < -0.3 is 19.4 Å². The lowest BCUT2D eigenvalue weighted by Gasteiger charge is -2.33. The van der Waals surface area contributed by atoms with Crippen molar-refractivity contribution in [1.29, 1.82) is 0 Å². The third-order valence-electron chi connectivity index (χ3n) is 5.71. The number of rotatable bonds is 8. The molecule has 3 aromatic rings. The van der Waals surface area contributed by atoms with Gasteiger partial charge in [0.25, 0.3) is 5.91 Å². The number of ether oxygens (including phenoxy) is 1. The number of furan rings is 1. The average molecular weight is 448 g/mol. The summed E-state index contributed by atoms with van der Waals surface area (Å²) in [4.78, 5) is 28.9. The van der Waals surface area contributed by atoms with E-state index in [9.17, 15) is 9.59 Å². The monoisotopic (exact) mass is 447 g/mol. The molecule has 0 bridgehead atoms. The Kier molecular flexibility index (Phi) is 7.42. The summed E-state index contributed by atoms with van der Waals surface area (Å²) >= 11 is 0. The van der Waals surface area contributed by atoms with Crippen LogP contribution < -0.4 is 10.1 Å². The number of piperazine rings is 1. The molecule has 0 spiro atoms. The number of nitrogens with one attached hydrogen (secondary N) is 1. The second kappa shape index (κ2) is 10.8. The minimum atomic E-state index is -0.0958. The van der Waals surface area contributed by atoms with Crippen molar-refractivity contribution in [1.82, 2.24) is 15.1 Å². The van der Waals surface area contributed by atoms with Crippen molar-refractivity contribution >= 4 is 11.8 Å². The molecule has 1 N–H and O–H groups in total. The second-order valence-corrected chi connectivity index (χ2v) is 8.13. The average Bonchev–Trinajstić information content (AvgIpc) is 3.29. The fraction of sp³-hybridized carbons (Fsp3) is 0.308. The fourth-order valence-electron chi connectivity index (χ4n) is 3.82. The molecule has 33 heavy (non-hydrogen) atoms. The van der Waals surface area contributed by atoms with Gasteiger partial charge in [-0.2, -0.15) is 0 Å². The van der Waals surface area contributed by atoms with Gasteiger partial charge in [-0.15, -0.1) is 0 Å². The third-order valence-corrected chi connectivity index (χ3v) is 5.71. The van der Waals surface area contributed by atoms with Crippen molar-refractivity contribution < 1.29 is 18.7 Å². The van der Waals surface area contributed by atoms with Crippen molar-refractivity contribution in [2.45, 2.75) is 20.1 Å². The Morgan fingerprint density at radius 2 is 1.61 bits per heavy atom. The summed E-state index contributed by atoms with van der Waals surface area (Å²) in [6.07, 6.45) is 0. The van der Waals surface area contributed by atoms with Crippen LogP contribution in [0.2, 0.25) is 0 Å². The third kappa shape index (κ3) is 6.23. The molecule has 1 aliphatic heterocycles. The lowest BCUT2D eigenvalue weighted by molar-refractivity contribution is -0.122. The Hall–Kier alpha value is -3.58. The predicted molar refractivity (Wildman–Crippen MR) is 125 cm³/mol. The number of nitrogens with zero attached hydrogens (tertiary/aromatic N) is 2. The molecule has 1 saturated heterocycles. The molecule has 7 heteroatoms. The molecule has 0 saturated carbocycles. The van der Waals surface area contributed by atoms with E-state index in [0.29, 0.717) is 51.6 Å². The summed E-state index contributed by atoms with van der Waals surface area (Å²) in [6, 6.07) is 21.1. The van der Waals surface area contributed by atoms with Gasteiger partial charge in [-0.25, -0.2) is 0 Å². The van der Waals surface area contributed by atoms with Gasteiger partial charge in [0, 0.05) is 32.7 Å². The summed E-state index contributed by atoms with van der Waals surface area (Å²) in [5, 5.41) is 3.02. The standard InChI is InChI=1S/C26H29N3O4/c1-20-11-12-24(33-20)26(31)29-15-13-28(14-16-29)18-25(30)27-17-21-7-5-6-8-22(21)19-32-23-9-3-2-4-10-23/h2-12H,13-19H2,1H3,(H,27,30). The molecule has 0 atom stereocenters. The molecule has 1 aromatic heterocycles. The molecule has 2 amide bonds. The number of aryl methyl sites for hydroxylation is 1. The first-order valence-electron chi connectivity index (χ1n) is 11.2. The van der Waals surface area contributed by atoms with Gasteiger partial charge in [0.1, 0.15) is 18.1 Å². The van der Waals surface area contributed by atoms with E-state index in [1.165, 1.54) is 0 Å². The molecule has 2 heterocycles. The zero-order chi connectivity index (χ0) is 23.0. The lowest BCUT2D eigenvalue weighted by Crippen LogP contribution is -2.51. The van der Waals surface area contributed by atoms with E-state index >= 15 is 0 Å². The highest BCUT2D eigenvalue weighted by atomic mass is 16.5. The van der Waals surface area contributed by atoms with Crippen molar-refractivity contribution in [3.8, 4) is 5.75 Å². The molecule has 7 nitrogen and oxygen atoms in total. The van der Waals surface area contributed by atoms with Crippen molar-refractivity contribution in [3.05, 3.63) is 89.4 Å².